The van der Waals surface area contributed by atoms with Crippen LogP contribution in [-0.2, 0) is 14.3 Å². The van der Waals surface area contributed by atoms with E-state index in [4.69, 9.17) is 4.74 Å². The van der Waals surface area contributed by atoms with E-state index in [9.17, 15) is 9.59 Å². The summed E-state index contributed by atoms with van der Waals surface area (Å²) in [5.74, 6) is -0.100. The van der Waals surface area contributed by atoms with Crippen molar-refractivity contribution in [2.24, 2.45) is 17.3 Å². The van der Waals surface area contributed by atoms with E-state index in [1.165, 1.54) is 0 Å². The Hall–Kier alpha value is -1.12. The molecular formula is C12H18O3. The normalized spacial score (nSPS) is 28.4. The maximum Gasteiger partial charge on any atom is 0.310 e. The van der Waals surface area contributed by atoms with Gasteiger partial charge in [0.2, 0.25) is 0 Å². The molecule has 1 rings (SSSR count). The van der Waals surface area contributed by atoms with E-state index in [0.29, 0.717) is 12.2 Å². The van der Waals surface area contributed by atoms with Crippen molar-refractivity contribution in [1.82, 2.24) is 0 Å². The predicted molar refractivity (Wildman–Crippen MR) is 57.2 cm³/mol. The second kappa shape index (κ2) is 4.17. The molecule has 1 saturated carbocycles. The van der Waals surface area contributed by atoms with Gasteiger partial charge < -0.3 is 4.74 Å². The third-order valence-electron chi connectivity index (χ3n) is 3.08. The van der Waals surface area contributed by atoms with Gasteiger partial charge in [-0.2, -0.15) is 0 Å². The molecule has 0 bridgehead atoms. The Morgan fingerprint density at radius 2 is 2.07 bits per heavy atom. The molecule has 2 unspecified atom stereocenters. The second-order valence-electron chi connectivity index (χ2n) is 4.61. The quantitative estimate of drug-likeness (QED) is 0.405. The number of aldehydes is 1. The summed E-state index contributed by atoms with van der Waals surface area (Å²) in [7, 11) is 0. The highest BCUT2D eigenvalue weighted by Gasteiger charge is 2.61. The molecular weight excluding hydrogens is 192 g/mol. The zero-order valence-corrected chi connectivity index (χ0v) is 9.74. The van der Waals surface area contributed by atoms with Crippen LogP contribution in [0.15, 0.2) is 11.6 Å². The summed E-state index contributed by atoms with van der Waals surface area (Å²) >= 11 is 0. The predicted octanol–water partition coefficient (Wildman–Crippen LogP) is 1.97. The lowest BCUT2D eigenvalue weighted by Crippen LogP contribution is -2.10. The Morgan fingerprint density at radius 3 is 2.53 bits per heavy atom. The highest BCUT2D eigenvalue weighted by molar-refractivity contribution is 5.79. The maximum atomic E-state index is 11.6. The number of esters is 1. The number of hydrogen-bond acceptors (Lipinski definition) is 3. The molecule has 0 aromatic carbocycles. The average molecular weight is 210 g/mol. The Balaban J connectivity index is 2.71. The summed E-state index contributed by atoms with van der Waals surface area (Å²) in [6.45, 7) is 8.01. The van der Waals surface area contributed by atoms with Gasteiger partial charge in [0.25, 0.3) is 0 Å². The molecule has 0 aliphatic heterocycles. The van der Waals surface area contributed by atoms with Crippen LogP contribution in [0.3, 0.4) is 0 Å². The summed E-state index contributed by atoms with van der Waals surface area (Å²) in [5, 5.41) is 0. The van der Waals surface area contributed by atoms with Gasteiger partial charge in [-0.15, -0.1) is 0 Å². The van der Waals surface area contributed by atoms with Gasteiger partial charge in [-0.1, -0.05) is 19.9 Å². The van der Waals surface area contributed by atoms with Crippen LogP contribution in [0.5, 0.6) is 0 Å². The SMILES string of the molecule is CCOC(=O)C1C(/C=C(/C)C=O)C1(C)C. The van der Waals surface area contributed by atoms with Crippen LogP contribution in [0.25, 0.3) is 0 Å². The first-order chi connectivity index (χ1) is 6.95. The van der Waals surface area contributed by atoms with Crippen LogP contribution in [0.2, 0.25) is 0 Å². The molecule has 84 valence electrons. The average Bonchev–Trinajstić information content (AvgIpc) is 2.68. The van der Waals surface area contributed by atoms with Crippen LogP contribution in [0.1, 0.15) is 27.7 Å². The van der Waals surface area contributed by atoms with Gasteiger partial charge in [0.15, 0.2) is 0 Å². The monoisotopic (exact) mass is 210 g/mol. The standard InChI is InChI=1S/C12H18O3/c1-5-15-11(14)10-9(12(10,3)4)6-8(2)7-13/h6-7,9-10H,5H2,1-4H3/b8-6-. The molecule has 0 spiro atoms. The van der Waals surface area contributed by atoms with Crippen molar-refractivity contribution in [3.05, 3.63) is 11.6 Å². The number of rotatable bonds is 4. The van der Waals surface area contributed by atoms with Crippen molar-refractivity contribution in [1.29, 1.82) is 0 Å². The molecule has 1 fully saturated rings. The maximum absolute atomic E-state index is 11.6. The molecule has 0 heterocycles. The van der Waals surface area contributed by atoms with E-state index >= 15 is 0 Å². The minimum atomic E-state index is -0.151. The van der Waals surface area contributed by atoms with Crippen molar-refractivity contribution in [2.45, 2.75) is 27.7 Å². The lowest BCUT2D eigenvalue weighted by Gasteiger charge is -2.01. The molecule has 15 heavy (non-hydrogen) atoms. The van der Waals surface area contributed by atoms with Crippen molar-refractivity contribution in [2.75, 3.05) is 6.61 Å². The van der Waals surface area contributed by atoms with Gasteiger partial charge in [0.05, 0.1) is 12.5 Å². The lowest BCUT2D eigenvalue weighted by molar-refractivity contribution is -0.145. The Labute approximate surface area is 90.5 Å². The molecule has 2 atom stereocenters. The number of carbonyl (C=O) groups excluding carboxylic acids is 2. The molecule has 0 saturated heterocycles. The first-order valence-electron chi connectivity index (χ1n) is 5.25. The smallest absolute Gasteiger partial charge is 0.310 e. The fraction of sp³-hybridized carbons (Fsp3) is 0.667. The Morgan fingerprint density at radius 1 is 1.47 bits per heavy atom. The zero-order valence-electron chi connectivity index (χ0n) is 9.74. The van der Waals surface area contributed by atoms with Crippen LogP contribution < -0.4 is 0 Å². The van der Waals surface area contributed by atoms with Crippen molar-refractivity contribution in [3.63, 3.8) is 0 Å². The molecule has 3 heteroatoms. The summed E-state index contributed by atoms with van der Waals surface area (Å²) in [5.41, 5.74) is 0.608. The first kappa shape index (κ1) is 12.0. The van der Waals surface area contributed by atoms with Gasteiger partial charge >= 0.3 is 5.97 Å². The van der Waals surface area contributed by atoms with Crippen LogP contribution in [0, 0.1) is 17.3 Å². The molecule has 0 radical (unpaired) electrons. The highest BCUT2D eigenvalue weighted by Crippen LogP contribution is 2.59. The molecule has 1 aliphatic carbocycles. The summed E-state index contributed by atoms with van der Waals surface area (Å²) < 4.78 is 4.99. The van der Waals surface area contributed by atoms with Crippen LogP contribution >= 0.6 is 0 Å². The lowest BCUT2D eigenvalue weighted by atomic mass is 10.1. The van der Waals surface area contributed by atoms with Crippen LogP contribution in [-0.4, -0.2) is 18.9 Å². The fourth-order valence-electron chi connectivity index (χ4n) is 1.99. The first-order valence-corrected chi connectivity index (χ1v) is 5.25. The number of carbonyl (C=O) groups is 2. The Bertz CT molecular complexity index is 302. The van der Waals surface area contributed by atoms with E-state index < -0.39 is 0 Å². The molecule has 3 nitrogen and oxygen atoms in total. The largest absolute Gasteiger partial charge is 0.466 e. The third-order valence-corrected chi connectivity index (χ3v) is 3.08. The number of hydrogen-bond donors (Lipinski definition) is 0. The number of allylic oxidation sites excluding steroid dienone is 2. The topological polar surface area (TPSA) is 43.4 Å². The summed E-state index contributed by atoms with van der Waals surface area (Å²) in [6.07, 6.45) is 2.69. The zero-order chi connectivity index (χ0) is 11.6. The molecule has 0 aromatic heterocycles. The number of ether oxygens (including phenoxy) is 1. The van der Waals surface area contributed by atoms with Crippen molar-refractivity contribution >= 4 is 12.3 Å². The summed E-state index contributed by atoms with van der Waals surface area (Å²) in [6, 6.07) is 0. The fourth-order valence-corrected chi connectivity index (χ4v) is 1.99. The van der Waals surface area contributed by atoms with Crippen molar-refractivity contribution in [3.8, 4) is 0 Å². The van der Waals surface area contributed by atoms with E-state index in [2.05, 4.69) is 0 Å². The van der Waals surface area contributed by atoms with Crippen molar-refractivity contribution < 1.29 is 14.3 Å². The van der Waals surface area contributed by atoms with E-state index in [-0.39, 0.29) is 23.2 Å². The molecule has 1 aliphatic rings. The second-order valence-corrected chi connectivity index (χ2v) is 4.61. The minimum absolute atomic E-state index is 0.0729. The molecule has 0 aromatic rings. The third kappa shape index (κ3) is 2.28. The van der Waals surface area contributed by atoms with Gasteiger partial charge in [-0.3, -0.25) is 9.59 Å². The van der Waals surface area contributed by atoms with E-state index in [1.54, 1.807) is 13.8 Å². The molecule has 0 amide bonds. The van der Waals surface area contributed by atoms with E-state index in [0.717, 1.165) is 6.29 Å². The molecule has 0 N–H and O–H groups in total. The highest BCUT2D eigenvalue weighted by atomic mass is 16.5. The van der Waals surface area contributed by atoms with Gasteiger partial charge in [0, 0.05) is 0 Å². The van der Waals surface area contributed by atoms with Gasteiger partial charge in [0.1, 0.15) is 6.29 Å². The Kier molecular flexibility index (Phi) is 3.32. The minimum Gasteiger partial charge on any atom is -0.466 e. The van der Waals surface area contributed by atoms with Gasteiger partial charge in [-0.25, -0.2) is 0 Å². The van der Waals surface area contributed by atoms with E-state index in [1.807, 2.05) is 19.9 Å². The van der Waals surface area contributed by atoms with Crippen LogP contribution in [0.4, 0.5) is 0 Å². The van der Waals surface area contributed by atoms with Gasteiger partial charge in [-0.05, 0) is 30.8 Å². The summed E-state index contributed by atoms with van der Waals surface area (Å²) in [4.78, 5) is 22.1.